The summed E-state index contributed by atoms with van der Waals surface area (Å²) >= 11 is 5.61. The number of hydrogen-bond acceptors (Lipinski definition) is 4. The highest BCUT2D eigenvalue weighted by Crippen LogP contribution is 2.26. The molecule has 0 aromatic carbocycles. The quantitative estimate of drug-likeness (QED) is 0.859. The van der Waals surface area contributed by atoms with Crippen molar-refractivity contribution in [2.24, 2.45) is 0 Å². The Morgan fingerprint density at radius 3 is 2.50 bits per heavy atom. The number of aliphatic hydroxyl groups is 1. The molecule has 7 heteroatoms. The van der Waals surface area contributed by atoms with Gasteiger partial charge in [0.2, 0.25) is 0 Å². The molecule has 0 aliphatic carbocycles. The average Bonchev–Trinajstić information content (AvgIpc) is 2.51. The molecular formula is C17H18ClF2N3O. The number of hydrogen-bond donors (Lipinski definition) is 1. The fourth-order valence-electron chi connectivity index (χ4n) is 2.79. The number of rotatable bonds is 3. The van der Waals surface area contributed by atoms with E-state index in [9.17, 15) is 13.9 Å². The normalized spacial score (nSPS) is 17.9. The first-order valence-electron chi connectivity index (χ1n) is 7.75. The SMILES string of the molecule is CC1(O)CCN(Cc2cnc(-c3cnc(Cl)cc3F)c(F)c2)CC1. The fourth-order valence-corrected chi connectivity index (χ4v) is 2.94. The van der Waals surface area contributed by atoms with Gasteiger partial charge in [0, 0.05) is 38.1 Å². The molecule has 2 aromatic rings. The van der Waals surface area contributed by atoms with Crippen molar-refractivity contribution in [2.45, 2.75) is 31.9 Å². The lowest BCUT2D eigenvalue weighted by Crippen LogP contribution is -2.41. The van der Waals surface area contributed by atoms with Crippen molar-refractivity contribution in [3.63, 3.8) is 0 Å². The Morgan fingerprint density at radius 1 is 1.17 bits per heavy atom. The van der Waals surface area contributed by atoms with Crippen LogP contribution in [0.5, 0.6) is 0 Å². The molecule has 24 heavy (non-hydrogen) atoms. The molecule has 3 heterocycles. The minimum atomic E-state index is -0.660. The Labute approximate surface area is 144 Å². The maximum Gasteiger partial charge on any atom is 0.149 e. The number of pyridine rings is 2. The predicted molar refractivity (Wildman–Crippen MR) is 87.5 cm³/mol. The van der Waals surface area contributed by atoms with E-state index in [1.165, 1.54) is 12.3 Å². The van der Waals surface area contributed by atoms with Gasteiger partial charge in [0.15, 0.2) is 0 Å². The first-order chi connectivity index (χ1) is 11.3. The summed E-state index contributed by atoms with van der Waals surface area (Å²) in [5.41, 5.74) is -0.0113. The molecule has 2 aromatic heterocycles. The Morgan fingerprint density at radius 2 is 1.88 bits per heavy atom. The highest BCUT2D eigenvalue weighted by Gasteiger charge is 2.27. The molecule has 1 aliphatic heterocycles. The van der Waals surface area contributed by atoms with E-state index >= 15 is 0 Å². The Bertz CT molecular complexity index is 745. The summed E-state index contributed by atoms with van der Waals surface area (Å²) in [5.74, 6) is -1.26. The van der Waals surface area contributed by atoms with E-state index in [2.05, 4.69) is 14.9 Å². The first kappa shape index (κ1) is 17.2. The lowest BCUT2D eigenvalue weighted by atomic mass is 9.93. The maximum atomic E-state index is 14.3. The number of aromatic nitrogens is 2. The summed E-state index contributed by atoms with van der Waals surface area (Å²) < 4.78 is 28.2. The van der Waals surface area contributed by atoms with E-state index in [0.717, 1.165) is 19.2 Å². The molecule has 0 amide bonds. The summed E-state index contributed by atoms with van der Waals surface area (Å²) in [6.45, 7) is 3.86. The van der Waals surface area contributed by atoms with Crippen molar-refractivity contribution in [1.82, 2.24) is 14.9 Å². The summed E-state index contributed by atoms with van der Waals surface area (Å²) in [5, 5.41) is 9.97. The van der Waals surface area contributed by atoms with Crippen LogP contribution in [0.15, 0.2) is 24.5 Å². The average molecular weight is 354 g/mol. The predicted octanol–water partition coefficient (Wildman–Crippen LogP) is 3.42. The second kappa shape index (κ2) is 6.70. The lowest BCUT2D eigenvalue weighted by molar-refractivity contribution is -0.00733. The summed E-state index contributed by atoms with van der Waals surface area (Å²) in [6, 6.07) is 2.40. The van der Waals surface area contributed by atoms with Gasteiger partial charge in [-0.05, 0) is 31.4 Å². The zero-order valence-electron chi connectivity index (χ0n) is 13.3. The van der Waals surface area contributed by atoms with Crippen LogP contribution in [-0.4, -0.2) is 38.7 Å². The van der Waals surface area contributed by atoms with Crippen LogP contribution in [-0.2, 0) is 6.54 Å². The van der Waals surface area contributed by atoms with E-state index in [-0.39, 0.29) is 16.4 Å². The lowest BCUT2D eigenvalue weighted by Gasteiger charge is -2.35. The zero-order chi connectivity index (χ0) is 17.3. The summed E-state index contributed by atoms with van der Waals surface area (Å²) in [7, 11) is 0. The van der Waals surface area contributed by atoms with Crippen LogP contribution in [0.2, 0.25) is 5.15 Å². The van der Waals surface area contributed by atoms with Crippen LogP contribution in [0.1, 0.15) is 25.3 Å². The van der Waals surface area contributed by atoms with Gasteiger partial charge in [-0.3, -0.25) is 9.88 Å². The number of piperidine rings is 1. The van der Waals surface area contributed by atoms with Gasteiger partial charge in [0.25, 0.3) is 0 Å². The van der Waals surface area contributed by atoms with Crippen molar-refractivity contribution in [3.05, 3.63) is 46.9 Å². The van der Waals surface area contributed by atoms with Gasteiger partial charge in [0.1, 0.15) is 22.5 Å². The molecule has 0 radical (unpaired) electrons. The highest BCUT2D eigenvalue weighted by atomic mass is 35.5. The first-order valence-corrected chi connectivity index (χ1v) is 8.12. The van der Waals surface area contributed by atoms with Gasteiger partial charge in [-0.1, -0.05) is 11.6 Å². The highest BCUT2D eigenvalue weighted by molar-refractivity contribution is 6.29. The van der Waals surface area contributed by atoms with Crippen molar-refractivity contribution < 1.29 is 13.9 Å². The van der Waals surface area contributed by atoms with E-state index in [4.69, 9.17) is 11.6 Å². The van der Waals surface area contributed by atoms with Crippen LogP contribution < -0.4 is 0 Å². The fraction of sp³-hybridized carbons (Fsp3) is 0.412. The molecule has 1 aliphatic rings. The largest absolute Gasteiger partial charge is 0.390 e. The van der Waals surface area contributed by atoms with Crippen molar-refractivity contribution >= 4 is 11.6 Å². The molecule has 4 nitrogen and oxygen atoms in total. The van der Waals surface area contributed by atoms with Crippen LogP contribution in [0.3, 0.4) is 0 Å². The van der Waals surface area contributed by atoms with Crippen LogP contribution in [0, 0.1) is 11.6 Å². The van der Waals surface area contributed by atoms with Gasteiger partial charge in [-0.2, -0.15) is 0 Å². The standard InChI is InChI=1S/C17H18ClF2N3O/c1-17(24)2-4-23(5-3-17)10-11-6-14(20)16(22-8-11)12-9-21-15(18)7-13(12)19/h6-9,24H,2-5,10H2,1H3. The Kier molecular flexibility index (Phi) is 4.80. The Hall–Kier alpha value is -1.63. The minimum Gasteiger partial charge on any atom is -0.390 e. The molecule has 1 N–H and O–H groups in total. The molecule has 1 saturated heterocycles. The van der Waals surface area contributed by atoms with E-state index in [1.807, 2.05) is 6.92 Å². The van der Waals surface area contributed by atoms with Crippen molar-refractivity contribution in [1.29, 1.82) is 0 Å². The van der Waals surface area contributed by atoms with Crippen LogP contribution >= 0.6 is 11.6 Å². The molecule has 1 fully saturated rings. The third kappa shape index (κ3) is 3.88. The third-order valence-corrected chi connectivity index (χ3v) is 4.52. The molecule has 0 unspecified atom stereocenters. The summed E-state index contributed by atoms with van der Waals surface area (Å²) in [6.07, 6.45) is 4.08. The zero-order valence-corrected chi connectivity index (χ0v) is 14.0. The molecule has 0 atom stereocenters. The smallest absolute Gasteiger partial charge is 0.149 e. The minimum absolute atomic E-state index is 0.00857. The topological polar surface area (TPSA) is 49.2 Å². The summed E-state index contributed by atoms with van der Waals surface area (Å²) in [4.78, 5) is 9.97. The second-order valence-corrected chi connectivity index (χ2v) is 6.82. The third-order valence-electron chi connectivity index (χ3n) is 4.31. The monoisotopic (exact) mass is 353 g/mol. The van der Waals surface area contributed by atoms with Crippen LogP contribution in [0.4, 0.5) is 8.78 Å². The van der Waals surface area contributed by atoms with E-state index in [0.29, 0.717) is 24.9 Å². The molecule has 0 spiro atoms. The second-order valence-electron chi connectivity index (χ2n) is 6.43. The Balaban J connectivity index is 1.75. The van der Waals surface area contributed by atoms with Gasteiger partial charge in [-0.25, -0.2) is 13.8 Å². The van der Waals surface area contributed by atoms with Crippen molar-refractivity contribution in [3.8, 4) is 11.3 Å². The van der Waals surface area contributed by atoms with Gasteiger partial charge >= 0.3 is 0 Å². The van der Waals surface area contributed by atoms with E-state index in [1.54, 1.807) is 6.20 Å². The molecule has 0 saturated carbocycles. The van der Waals surface area contributed by atoms with Gasteiger partial charge in [-0.15, -0.1) is 0 Å². The number of halogens is 3. The van der Waals surface area contributed by atoms with Gasteiger partial charge < -0.3 is 5.11 Å². The molecule has 0 bridgehead atoms. The number of nitrogens with zero attached hydrogens (tertiary/aromatic N) is 3. The number of likely N-dealkylation sites (tertiary alicyclic amines) is 1. The van der Waals surface area contributed by atoms with Crippen LogP contribution in [0.25, 0.3) is 11.3 Å². The van der Waals surface area contributed by atoms with Gasteiger partial charge in [0.05, 0.1) is 11.2 Å². The van der Waals surface area contributed by atoms with Crippen molar-refractivity contribution in [2.75, 3.05) is 13.1 Å². The molecule has 3 rings (SSSR count). The molecular weight excluding hydrogens is 336 g/mol. The van der Waals surface area contributed by atoms with E-state index < -0.39 is 17.2 Å². The molecule has 128 valence electrons. The maximum absolute atomic E-state index is 14.3.